The van der Waals surface area contributed by atoms with Gasteiger partial charge in [0.2, 0.25) is 12.3 Å². The molecule has 9 nitrogen and oxygen atoms in total. The van der Waals surface area contributed by atoms with Gasteiger partial charge in [-0.15, -0.1) is 0 Å². The second-order valence-corrected chi connectivity index (χ2v) is 6.50. The van der Waals surface area contributed by atoms with Crippen LogP contribution in [0.3, 0.4) is 0 Å². The fourth-order valence-electron chi connectivity index (χ4n) is 2.86. The molecule has 28 heavy (non-hydrogen) atoms. The summed E-state index contributed by atoms with van der Waals surface area (Å²) in [6, 6.07) is 4.87. The van der Waals surface area contributed by atoms with Crippen LogP contribution in [-0.2, 0) is 9.59 Å². The van der Waals surface area contributed by atoms with Crippen molar-refractivity contribution in [2.24, 2.45) is 5.92 Å². The van der Waals surface area contributed by atoms with Crippen molar-refractivity contribution in [2.75, 3.05) is 26.4 Å². The van der Waals surface area contributed by atoms with E-state index < -0.39 is 5.92 Å². The van der Waals surface area contributed by atoms with Crippen molar-refractivity contribution in [1.29, 1.82) is 0 Å². The van der Waals surface area contributed by atoms with E-state index in [0.29, 0.717) is 41.8 Å². The maximum absolute atomic E-state index is 12.3. The highest BCUT2D eigenvalue weighted by Crippen LogP contribution is 2.30. The molecule has 9 heteroatoms. The lowest BCUT2D eigenvalue weighted by atomic mass is 10.0. The van der Waals surface area contributed by atoms with Gasteiger partial charge in [-0.3, -0.25) is 19.6 Å². The Morgan fingerprint density at radius 2 is 1.96 bits per heavy atom. The molecule has 0 aliphatic carbocycles. The Balaban J connectivity index is 1.84. The Hall–Kier alpha value is -2.81. The lowest BCUT2D eigenvalue weighted by Crippen LogP contribution is -2.43. The summed E-state index contributed by atoms with van der Waals surface area (Å²) in [4.78, 5) is 35.2. The largest absolute Gasteiger partial charge is 0.486 e. The summed E-state index contributed by atoms with van der Waals surface area (Å²) >= 11 is 0. The summed E-state index contributed by atoms with van der Waals surface area (Å²) < 4.78 is 10.9. The first-order valence-corrected chi connectivity index (χ1v) is 9.41. The summed E-state index contributed by atoms with van der Waals surface area (Å²) in [6.07, 6.45) is 3.57. The molecule has 1 aromatic rings. The van der Waals surface area contributed by atoms with E-state index in [9.17, 15) is 19.6 Å². The zero-order valence-electron chi connectivity index (χ0n) is 16.0. The number of hydrogen-bond acceptors (Lipinski definition) is 6. The van der Waals surface area contributed by atoms with Crippen LogP contribution in [0.4, 0.5) is 0 Å². The molecule has 1 atom stereocenters. The average Bonchev–Trinajstić information content (AvgIpc) is 2.72. The quantitative estimate of drug-likeness (QED) is 0.172. The third kappa shape index (κ3) is 6.41. The Morgan fingerprint density at radius 1 is 1.21 bits per heavy atom. The van der Waals surface area contributed by atoms with E-state index in [-0.39, 0.29) is 31.4 Å². The van der Waals surface area contributed by atoms with Gasteiger partial charge in [-0.25, -0.2) is 5.06 Å². The van der Waals surface area contributed by atoms with Crippen molar-refractivity contribution >= 4 is 18.2 Å². The molecule has 2 rings (SSSR count). The van der Waals surface area contributed by atoms with Gasteiger partial charge in [0.15, 0.2) is 11.5 Å². The number of hydroxylamine groups is 2. The number of fused-ring (bicyclic) bond motifs is 1. The minimum absolute atomic E-state index is 0.0666. The van der Waals surface area contributed by atoms with Crippen molar-refractivity contribution < 1.29 is 29.1 Å². The predicted octanol–water partition coefficient (Wildman–Crippen LogP) is 1.31. The molecule has 0 spiro atoms. The number of unbranched alkanes of at least 4 members (excludes halogenated alkanes) is 2. The molecule has 1 aliphatic rings. The molecule has 0 aromatic heterocycles. The first-order valence-electron chi connectivity index (χ1n) is 9.41. The van der Waals surface area contributed by atoms with Crippen LogP contribution >= 0.6 is 0 Å². The monoisotopic (exact) mass is 393 g/mol. The molecular formula is C19H27N3O6. The fourth-order valence-corrected chi connectivity index (χ4v) is 2.86. The molecule has 154 valence electrons. The summed E-state index contributed by atoms with van der Waals surface area (Å²) in [5.74, 6) is -0.144. The third-order valence-electron chi connectivity index (χ3n) is 4.37. The first kappa shape index (κ1) is 21.5. The zero-order chi connectivity index (χ0) is 20.4. The van der Waals surface area contributed by atoms with Crippen LogP contribution < -0.4 is 20.1 Å². The highest BCUT2D eigenvalue weighted by Gasteiger charge is 2.21. The normalized spacial score (nSPS) is 13.4. The number of hydrogen-bond donors (Lipinski definition) is 3. The van der Waals surface area contributed by atoms with E-state index in [1.165, 1.54) is 0 Å². The smallest absolute Gasteiger partial charge is 0.252 e. The fraction of sp³-hybridized carbons (Fsp3) is 0.526. The molecule has 3 amide bonds. The van der Waals surface area contributed by atoms with Crippen molar-refractivity contribution in [2.45, 2.75) is 32.6 Å². The van der Waals surface area contributed by atoms with Crippen molar-refractivity contribution in [3.63, 3.8) is 0 Å². The lowest BCUT2D eigenvalue weighted by Gasteiger charge is -2.20. The van der Waals surface area contributed by atoms with Gasteiger partial charge < -0.3 is 20.1 Å². The highest BCUT2D eigenvalue weighted by atomic mass is 16.6. The minimum Gasteiger partial charge on any atom is -0.486 e. The number of nitrogens with one attached hydrogen (secondary N) is 2. The predicted molar refractivity (Wildman–Crippen MR) is 100 cm³/mol. The Bertz CT molecular complexity index is 682. The first-order chi connectivity index (χ1) is 13.5. The SMILES string of the molecule is CCCCC[C@H](CN(O)C=O)C(=O)NCNC(=O)c1ccc2c(c1)OCCO2. The number of amides is 3. The van der Waals surface area contributed by atoms with E-state index in [0.717, 1.165) is 19.3 Å². The van der Waals surface area contributed by atoms with Crippen molar-refractivity contribution in [1.82, 2.24) is 15.7 Å². The van der Waals surface area contributed by atoms with E-state index in [1.807, 2.05) is 6.92 Å². The zero-order valence-corrected chi connectivity index (χ0v) is 16.0. The second kappa shape index (κ2) is 11.1. The Morgan fingerprint density at radius 3 is 2.68 bits per heavy atom. The van der Waals surface area contributed by atoms with Gasteiger partial charge in [0.05, 0.1) is 19.1 Å². The van der Waals surface area contributed by atoms with E-state index in [4.69, 9.17) is 9.47 Å². The van der Waals surface area contributed by atoms with Crippen LogP contribution in [0.1, 0.15) is 43.0 Å². The average molecular weight is 393 g/mol. The molecule has 1 heterocycles. The van der Waals surface area contributed by atoms with Crippen LogP contribution in [0.2, 0.25) is 0 Å². The van der Waals surface area contributed by atoms with Gasteiger partial charge in [-0.2, -0.15) is 0 Å². The Kier molecular flexibility index (Phi) is 8.54. The second-order valence-electron chi connectivity index (χ2n) is 6.50. The van der Waals surface area contributed by atoms with Gasteiger partial charge in [0, 0.05) is 5.56 Å². The molecule has 0 fully saturated rings. The van der Waals surface area contributed by atoms with Gasteiger partial charge in [0.25, 0.3) is 5.91 Å². The maximum Gasteiger partial charge on any atom is 0.252 e. The summed E-state index contributed by atoms with van der Waals surface area (Å²) in [6.45, 7) is 2.79. The molecule has 1 aromatic carbocycles. The van der Waals surface area contributed by atoms with Gasteiger partial charge >= 0.3 is 0 Å². The molecule has 0 unspecified atom stereocenters. The number of ether oxygens (including phenoxy) is 2. The van der Waals surface area contributed by atoms with Crippen LogP contribution in [0.15, 0.2) is 18.2 Å². The Labute approximate surface area is 163 Å². The number of carbonyl (C=O) groups is 3. The molecule has 0 saturated carbocycles. The molecule has 0 bridgehead atoms. The summed E-state index contributed by atoms with van der Waals surface area (Å²) in [5.41, 5.74) is 0.389. The van der Waals surface area contributed by atoms with Gasteiger partial charge in [-0.1, -0.05) is 26.2 Å². The number of benzene rings is 1. The highest BCUT2D eigenvalue weighted by molar-refractivity contribution is 5.95. The molecule has 1 aliphatic heterocycles. The van der Waals surface area contributed by atoms with Crippen LogP contribution in [0, 0.1) is 5.92 Å². The third-order valence-corrected chi connectivity index (χ3v) is 4.37. The lowest BCUT2D eigenvalue weighted by molar-refractivity contribution is -0.154. The summed E-state index contributed by atoms with van der Waals surface area (Å²) in [7, 11) is 0. The number of nitrogens with zero attached hydrogens (tertiary/aromatic N) is 1. The molecular weight excluding hydrogens is 366 g/mol. The topological polar surface area (TPSA) is 117 Å². The van der Waals surface area contributed by atoms with E-state index in [1.54, 1.807) is 18.2 Å². The van der Waals surface area contributed by atoms with E-state index in [2.05, 4.69) is 10.6 Å². The van der Waals surface area contributed by atoms with Gasteiger partial charge in [0.1, 0.15) is 13.2 Å². The van der Waals surface area contributed by atoms with Gasteiger partial charge in [-0.05, 0) is 24.6 Å². The standard InChI is InChI=1S/C19H27N3O6/c1-2-3-4-5-15(11-22(26)13-23)19(25)21-12-20-18(24)14-6-7-16-17(10-14)28-9-8-27-16/h6-7,10,13,15,26H,2-5,8-9,11-12H2,1H3,(H,20,24)(H,21,25)/t15-/m1/s1. The summed E-state index contributed by atoms with van der Waals surface area (Å²) in [5, 5.41) is 15.1. The van der Waals surface area contributed by atoms with Crippen molar-refractivity contribution in [3.05, 3.63) is 23.8 Å². The maximum atomic E-state index is 12.3. The minimum atomic E-state index is -0.548. The van der Waals surface area contributed by atoms with Crippen LogP contribution in [-0.4, -0.2) is 54.9 Å². The van der Waals surface area contributed by atoms with E-state index >= 15 is 0 Å². The molecule has 0 saturated heterocycles. The van der Waals surface area contributed by atoms with Crippen LogP contribution in [0.25, 0.3) is 0 Å². The number of carbonyl (C=O) groups excluding carboxylic acids is 3. The molecule has 0 radical (unpaired) electrons. The van der Waals surface area contributed by atoms with Crippen molar-refractivity contribution in [3.8, 4) is 11.5 Å². The number of rotatable bonds is 11. The molecule has 3 N–H and O–H groups in total. The van der Waals surface area contributed by atoms with Crippen LogP contribution in [0.5, 0.6) is 11.5 Å².